The van der Waals surface area contributed by atoms with Crippen LogP contribution in [0.2, 0.25) is 5.02 Å². The summed E-state index contributed by atoms with van der Waals surface area (Å²) >= 11 is 7.55. The first-order valence-corrected chi connectivity index (χ1v) is 8.06. The SMILES string of the molecule is Cc1cc(CCN)n2nc(N)c(Sc3cccc(Cl)c3)c2n1. The van der Waals surface area contributed by atoms with Gasteiger partial charge in [0.1, 0.15) is 4.90 Å². The van der Waals surface area contributed by atoms with Crippen molar-refractivity contribution in [3.05, 3.63) is 46.7 Å². The minimum absolute atomic E-state index is 0.460. The van der Waals surface area contributed by atoms with E-state index in [1.165, 1.54) is 11.8 Å². The molecule has 0 spiro atoms. The van der Waals surface area contributed by atoms with Crippen molar-refractivity contribution in [2.24, 2.45) is 5.73 Å². The third kappa shape index (κ3) is 2.90. The smallest absolute Gasteiger partial charge is 0.171 e. The van der Waals surface area contributed by atoms with Crippen LogP contribution in [0.5, 0.6) is 0 Å². The first-order chi connectivity index (χ1) is 10.6. The summed E-state index contributed by atoms with van der Waals surface area (Å²) in [7, 11) is 0. The molecule has 3 aromatic rings. The summed E-state index contributed by atoms with van der Waals surface area (Å²) in [6.45, 7) is 2.51. The van der Waals surface area contributed by atoms with Gasteiger partial charge in [0.05, 0.1) is 0 Å². The Morgan fingerprint density at radius 1 is 1.32 bits per heavy atom. The van der Waals surface area contributed by atoms with Gasteiger partial charge in [0, 0.05) is 27.7 Å². The highest BCUT2D eigenvalue weighted by Crippen LogP contribution is 2.35. The molecule has 114 valence electrons. The second kappa shape index (κ2) is 6.16. The number of fused-ring (bicyclic) bond motifs is 1. The van der Waals surface area contributed by atoms with Crippen LogP contribution in [0.3, 0.4) is 0 Å². The molecule has 0 aliphatic carbocycles. The van der Waals surface area contributed by atoms with Crippen molar-refractivity contribution in [3.63, 3.8) is 0 Å². The Morgan fingerprint density at radius 2 is 2.14 bits per heavy atom. The first-order valence-electron chi connectivity index (χ1n) is 6.86. The molecule has 3 rings (SSSR count). The fourth-order valence-electron chi connectivity index (χ4n) is 2.28. The van der Waals surface area contributed by atoms with E-state index in [9.17, 15) is 0 Å². The summed E-state index contributed by atoms with van der Waals surface area (Å²) in [6, 6.07) is 9.61. The minimum Gasteiger partial charge on any atom is -0.381 e. The van der Waals surface area contributed by atoms with Gasteiger partial charge in [-0.3, -0.25) is 0 Å². The van der Waals surface area contributed by atoms with Crippen LogP contribution in [0.15, 0.2) is 40.1 Å². The lowest BCUT2D eigenvalue weighted by Gasteiger charge is -2.05. The van der Waals surface area contributed by atoms with E-state index in [4.69, 9.17) is 23.1 Å². The highest BCUT2D eigenvalue weighted by Gasteiger charge is 2.16. The Labute approximate surface area is 137 Å². The highest BCUT2D eigenvalue weighted by atomic mass is 35.5. The summed E-state index contributed by atoms with van der Waals surface area (Å²) in [6.07, 6.45) is 0.724. The number of anilines is 1. The maximum Gasteiger partial charge on any atom is 0.171 e. The summed E-state index contributed by atoms with van der Waals surface area (Å²) in [5.74, 6) is 0.460. The monoisotopic (exact) mass is 333 g/mol. The van der Waals surface area contributed by atoms with Gasteiger partial charge in [-0.2, -0.15) is 0 Å². The Bertz CT molecular complexity index is 830. The molecule has 7 heteroatoms. The van der Waals surface area contributed by atoms with Gasteiger partial charge in [0.2, 0.25) is 0 Å². The Morgan fingerprint density at radius 3 is 2.86 bits per heavy atom. The zero-order chi connectivity index (χ0) is 15.7. The van der Waals surface area contributed by atoms with Gasteiger partial charge in [-0.25, -0.2) is 9.50 Å². The van der Waals surface area contributed by atoms with E-state index in [2.05, 4.69) is 10.1 Å². The van der Waals surface area contributed by atoms with E-state index in [-0.39, 0.29) is 0 Å². The number of hydrogen-bond acceptors (Lipinski definition) is 5. The zero-order valence-electron chi connectivity index (χ0n) is 12.1. The predicted molar refractivity (Wildman–Crippen MR) is 90.5 cm³/mol. The summed E-state index contributed by atoms with van der Waals surface area (Å²) in [5.41, 5.74) is 14.5. The van der Waals surface area contributed by atoms with Crippen LogP contribution in [0.1, 0.15) is 11.4 Å². The summed E-state index contributed by atoms with van der Waals surface area (Å²) in [4.78, 5) is 6.42. The molecule has 1 aromatic carbocycles. The van der Waals surface area contributed by atoms with Gasteiger partial charge < -0.3 is 11.5 Å². The van der Waals surface area contributed by atoms with Gasteiger partial charge in [0.15, 0.2) is 11.5 Å². The van der Waals surface area contributed by atoms with Crippen molar-refractivity contribution in [1.29, 1.82) is 0 Å². The van der Waals surface area contributed by atoms with Crippen LogP contribution in [-0.4, -0.2) is 21.1 Å². The van der Waals surface area contributed by atoms with Crippen molar-refractivity contribution in [3.8, 4) is 0 Å². The molecular weight excluding hydrogens is 318 g/mol. The normalized spacial score (nSPS) is 11.2. The molecule has 0 fully saturated rings. The maximum absolute atomic E-state index is 6.10. The van der Waals surface area contributed by atoms with Crippen LogP contribution in [0, 0.1) is 6.92 Å². The average Bonchev–Trinajstić information content (AvgIpc) is 2.76. The first kappa shape index (κ1) is 15.1. The number of benzene rings is 1. The maximum atomic E-state index is 6.10. The van der Waals surface area contributed by atoms with E-state index >= 15 is 0 Å². The number of halogens is 1. The third-order valence-electron chi connectivity index (χ3n) is 3.19. The molecule has 0 saturated carbocycles. The van der Waals surface area contributed by atoms with E-state index in [1.54, 1.807) is 4.52 Å². The molecule has 4 N–H and O–H groups in total. The van der Waals surface area contributed by atoms with Gasteiger partial charge >= 0.3 is 0 Å². The Kier molecular flexibility index (Phi) is 4.24. The molecule has 0 aliphatic rings. The molecule has 2 aromatic heterocycles. The molecule has 5 nitrogen and oxygen atoms in total. The molecule has 0 radical (unpaired) electrons. The van der Waals surface area contributed by atoms with Gasteiger partial charge in [0.25, 0.3) is 0 Å². The number of hydrogen-bond donors (Lipinski definition) is 2. The van der Waals surface area contributed by atoms with Crippen LogP contribution >= 0.6 is 23.4 Å². The van der Waals surface area contributed by atoms with Gasteiger partial charge in [-0.15, -0.1) is 5.10 Å². The lowest BCUT2D eigenvalue weighted by Crippen LogP contribution is -2.09. The van der Waals surface area contributed by atoms with E-state index in [1.807, 2.05) is 37.3 Å². The lowest BCUT2D eigenvalue weighted by molar-refractivity contribution is 0.813. The molecule has 0 saturated heterocycles. The molecule has 0 bridgehead atoms. The number of nitrogens with two attached hydrogens (primary N) is 2. The fourth-order valence-corrected chi connectivity index (χ4v) is 3.48. The second-order valence-corrected chi connectivity index (χ2v) is 6.46. The third-order valence-corrected chi connectivity index (χ3v) is 4.51. The molecule has 0 atom stereocenters. The van der Waals surface area contributed by atoms with Crippen molar-refractivity contribution >= 4 is 34.8 Å². The standard InChI is InChI=1S/C15H16ClN5S/c1-9-7-11(5-6-17)21-15(19-9)13(14(18)20-21)22-12-4-2-3-10(16)8-12/h2-4,7-8H,5-6,17H2,1H3,(H2,18,20). The van der Waals surface area contributed by atoms with Crippen LogP contribution in [0.25, 0.3) is 5.65 Å². The second-order valence-electron chi connectivity index (χ2n) is 4.94. The van der Waals surface area contributed by atoms with Gasteiger partial charge in [-0.1, -0.05) is 29.4 Å². The topological polar surface area (TPSA) is 82.2 Å². The van der Waals surface area contributed by atoms with Crippen molar-refractivity contribution in [2.75, 3.05) is 12.3 Å². The number of aryl methyl sites for hydroxylation is 1. The molecule has 0 aliphatic heterocycles. The summed E-state index contributed by atoms with van der Waals surface area (Å²) in [5, 5.41) is 5.10. The predicted octanol–water partition coefficient (Wildman–Crippen LogP) is 2.93. The Balaban J connectivity index is 2.11. The van der Waals surface area contributed by atoms with Crippen molar-refractivity contribution < 1.29 is 0 Å². The zero-order valence-corrected chi connectivity index (χ0v) is 13.7. The van der Waals surface area contributed by atoms with Crippen molar-refractivity contribution in [1.82, 2.24) is 14.6 Å². The van der Waals surface area contributed by atoms with E-state index < -0.39 is 0 Å². The van der Waals surface area contributed by atoms with Crippen molar-refractivity contribution in [2.45, 2.75) is 23.1 Å². The van der Waals surface area contributed by atoms with E-state index in [0.29, 0.717) is 17.4 Å². The average molecular weight is 334 g/mol. The molecule has 22 heavy (non-hydrogen) atoms. The fraction of sp³-hybridized carbons (Fsp3) is 0.200. The molecular formula is C15H16ClN5S. The lowest BCUT2D eigenvalue weighted by atomic mass is 10.2. The number of rotatable bonds is 4. The largest absolute Gasteiger partial charge is 0.381 e. The van der Waals surface area contributed by atoms with Crippen LogP contribution in [-0.2, 0) is 6.42 Å². The molecule has 0 amide bonds. The minimum atomic E-state index is 0.460. The number of nitrogen functional groups attached to an aromatic ring is 1. The molecule has 0 unspecified atom stereocenters. The Hall–Kier alpha value is -1.76. The summed E-state index contributed by atoms with van der Waals surface area (Å²) < 4.78 is 1.78. The van der Waals surface area contributed by atoms with E-state index in [0.717, 1.165) is 33.2 Å². The van der Waals surface area contributed by atoms with Gasteiger partial charge in [-0.05, 0) is 37.7 Å². The number of aromatic nitrogens is 3. The number of nitrogens with zero attached hydrogens (tertiary/aromatic N) is 3. The van der Waals surface area contributed by atoms with Crippen LogP contribution in [0.4, 0.5) is 5.82 Å². The quantitative estimate of drug-likeness (QED) is 0.767. The molecule has 2 heterocycles. The highest BCUT2D eigenvalue weighted by molar-refractivity contribution is 7.99. The van der Waals surface area contributed by atoms with Crippen LogP contribution < -0.4 is 11.5 Å².